The molecule has 1 saturated heterocycles. The first-order valence-corrected chi connectivity index (χ1v) is 15.7. The smallest absolute Gasteiger partial charge is 0.133 e. The summed E-state index contributed by atoms with van der Waals surface area (Å²) < 4.78 is 12.4. The molecule has 3 nitrogen and oxygen atoms in total. The number of rotatable bonds is 9. The van der Waals surface area contributed by atoms with Crippen molar-refractivity contribution in [3.63, 3.8) is 0 Å². The molecule has 0 spiro atoms. The van der Waals surface area contributed by atoms with Crippen LogP contribution >= 0.6 is 8.22 Å². The molecule has 0 amide bonds. The standard InChI is InChI=1S/C23H43N2OPSi/c1-17(2)24(18(3)4)27(25(19(5)6)20(7)8)23(28(9,10)11)22(26-23)21-15-13-12-14-16-21/h12-20,22H,1-11H3/t22-,23+/m0/s1. The minimum Gasteiger partial charge on any atom is -0.357 e. The molecule has 0 aromatic heterocycles. The largest absolute Gasteiger partial charge is 0.357 e. The van der Waals surface area contributed by atoms with Crippen LogP contribution in [0.3, 0.4) is 0 Å². The molecular weight excluding hydrogens is 379 g/mol. The van der Waals surface area contributed by atoms with Gasteiger partial charge in [-0.25, -0.2) is 0 Å². The molecule has 0 radical (unpaired) electrons. The number of benzene rings is 1. The summed E-state index contributed by atoms with van der Waals surface area (Å²) in [6.07, 6.45) is 0.214. The molecule has 0 unspecified atom stereocenters. The van der Waals surface area contributed by atoms with Gasteiger partial charge in [0, 0.05) is 24.2 Å². The number of hydrogen-bond acceptors (Lipinski definition) is 3. The third-order valence-electron chi connectivity index (χ3n) is 5.62. The lowest BCUT2D eigenvalue weighted by atomic mass is 10.2. The highest BCUT2D eigenvalue weighted by atomic mass is 31.1. The zero-order valence-electron chi connectivity index (χ0n) is 20.0. The van der Waals surface area contributed by atoms with Crippen molar-refractivity contribution in [3.05, 3.63) is 35.9 Å². The van der Waals surface area contributed by atoms with Crippen LogP contribution in [0.5, 0.6) is 0 Å². The Morgan fingerprint density at radius 3 is 1.50 bits per heavy atom. The lowest BCUT2D eigenvalue weighted by Crippen LogP contribution is -2.53. The molecule has 0 bridgehead atoms. The molecule has 1 aliphatic heterocycles. The van der Waals surface area contributed by atoms with E-state index in [4.69, 9.17) is 4.74 Å². The minimum atomic E-state index is -1.67. The summed E-state index contributed by atoms with van der Waals surface area (Å²) in [5, 5.41) is 0. The molecule has 0 aliphatic carbocycles. The van der Waals surface area contributed by atoms with Gasteiger partial charge in [0.25, 0.3) is 0 Å². The van der Waals surface area contributed by atoms with Crippen molar-refractivity contribution in [2.75, 3.05) is 0 Å². The molecule has 2 atom stereocenters. The molecule has 1 heterocycles. The van der Waals surface area contributed by atoms with Crippen LogP contribution in [0.4, 0.5) is 0 Å². The van der Waals surface area contributed by atoms with Gasteiger partial charge in [0.15, 0.2) is 0 Å². The zero-order valence-corrected chi connectivity index (χ0v) is 21.9. The van der Waals surface area contributed by atoms with Crippen LogP contribution in [-0.4, -0.2) is 46.5 Å². The molecule has 0 saturated carbocycles. The fourth-order valence-corrected chi connectivity index (χ4v) is 12.4. The van der Waals surface area contributed by atoms with Gasteiger partial charge in [-0.1, -0.05) is 50.0 Å². The Kier molecular flexibility index (Phi) is 7.60. The predicted octanol–water partition coefficient (Wildman–Crippen LogP) is 6.88. The number of epoxide rings is 1. The van der Waals surface area contributed by atoms with Gasteiger partial charge in [-0.05, 0) is 61.0 Å². The summed E-state index contributed by atoms with van der Waals surface area (Å²) in [7, 11) is -2.29. The first-order chi connectivity index (χ1) is 12.9. The Hall–Kier alpha value is -0.253. The highest BCUT2D eigenvalue weighted by Crippen LogP contribution is 2.76. The third kappa shape index (κ3) is 4.42. The molecule has 0 N–H and O–H groups in total. The van der Waals surface area contributed by atoms with Gasteiger partial charge in [0.05, 0.1) is 16.3 Å². The van der Waals surface area contributed by atoms with E-state index in [0.717, 1.165) is 0 Å². The van der Waals surface area contributed by atoms with Crippen molar-refractivity contribution >= 4 is 16.3 Å². The van der Waals surface area contributed by atoms with Gasteiger partial charge < -0.3 is 4.74 Å². The Morgan fingerprint density at radius 1 is 0.786 bits per heavy atom. The maximum atomic E-state index is 6.89. The van der Waals surface area contributed by atoms with Crippen LogP contribution in [0, 0.1) is 0 Å². The Labute approximate surface area is 176 Å². The van der Waals surface area contributed by atoms with E-state index < -0.39 is 16.3 Å². The fraction of sp³-hybridized carbons (Fsp3) is 0.739. The summed E-state index contributed by atoms with van der Waals surface area (Å²) in [6, 6.07) is 12.9. The van der Waals surface area contributed by atoms with Crippen molar-refractivity contribution in [3.8, 4) is 0 Å². The van der Waals surface area contributed by atoms with E-state index in [0.29, 0.717) is 24.2 Å². The van der Waals surface area contributed by atoms with Gasteiger partial charge in [-0.15, -0.1) is 0 Å². The molecular formula is C23H43N2OPSi. The molecule has 1 aromatic rings. The first kappa shape index (κ1) is 24.0. The van der Waals surface area contributed by atoms with Crippen molar-refractivity contribution < 1.29 is 4.74 Å². The van der Waals surface area contributed by atoms with Crippen molar-refractivity contribution in [2.24, 2.45) is 0 Å². The van der Waals surface area contributed by atoms with E-state index in [1.807, 2.05) is 0 Å². The van der Waals surface area contributed by atoms with Crippen LogP contribution < -0.4 is 0 Å². The van der Waals surface area contributed by atoms with E-state index in [-0.39, 0.29) is 11.1 Å². The van der Waals surface area contributed by atoms with E-state index in [1.54, 1.807) is 0 Å². The van der Waals surface area contributed by atoms with E-state index >= 15 is 0 Å². The second kappa shape index (κ2) is 8.86. The lowest BCUT2D eigenvalue weighted by Gasteiger charge is -2.52. The average Bonchev–Trinajstić information content (AvgIpc) is 3.30. The van der Waals surface area contributed by atoms with E-state index in [9.17, 15) is 0 Å². The first-order valence-electron chi connectivity index (χ1n) is 11.0. The quantitative estimate of drug-likeness (QED) is 0.245. The lowest BCUT2D eigenvalue weighted by molar-refractivity contribution is 0.243. The maximum absolute atomic E-state index is 6.89. The minimum absolute atomic E-state index is 0.0488. The second-order valence-electron chi connectivity index (χ2n) is 10.3. The van der Waals surface area contributed by atoms with Crippen LogP contribution in [0.25, 0.3) is 0 Å². The normalized spacial score (nSPS) is 23.3. The summed E-state index contributed by atoms with van der Waals surface area (Å²) in [6.45, 7) is 26.3. The topological polar surface area (TPSA) is 19.0 Å². The molecule has 1 fully saturated rings. The number of hydrogen-bond donors (Lipinski definition) is 0. The fourth-order valence-electron chi connectivity index (χ4n) is 4.62. The molecule has 28 heavy (non-hydrogen) atoms. The van der Waals surface area contributed by atoms with Gasteiger partial charge >= 0.3 is 0 Å². The zero-order chi connectivity index (χ0) is 21.4. The van der Waals surface area contributed by atoms with Crippen LogP contribution in [0.2, 0.25) is 19.6 Å². The van der Waals surface area contributed by atoms with Gasteiger partial charge in [-0.2, -0.15) is 0 Å². The predicted molar refractivity (Wildman–Crippen MR) is 127 cm³/mol. The van der Waals surface area contributed by atoms with E-state index in [1.165, 1.54) is 5.56 Å². The molecule has 5 heteroatoms. The third-order valence-corrected chi connectivity index (χ3v) is 14.4. The highest BCUT2D eigenvalue weighted by Gasteiger charge is 2.72. The van der Waals surface area contributed by atoms with Crippen molar-refractivity contribution in [1.82, 2.24) is 9.34 Å². The molecule has 1 aliphatic rings. The molecule has 160 valence electrons. The average molecular weight is 423 g/mol. The SMILES string of the molecule is CC(C)N(C(C)C)P(N(C(C)C)C(C)C)[C@]1([Si](C)(C)C)O[C@H]1c1ccccc1. The Bertz CT molecular complexity index is 593. The summed E-state index contributed by atoms with van der Waals surface area (Å²) in [5.41, 5.74) is 1.34. The highest BCUT2D eigenvalue weighted by molar-refractivity contribution is 7.58. The van der Waals surface area contributed by atoms with Crippen LogP contribution in [0.15, 0.2) is 30.3 Å². The molecule has 2 rings (SSSR count). The summed E-state index contributed by atoms with van der Waals surface area (Å²) in [5.74, 6) is 0. The van der Waals surface area contributed by atoms with Crippen LogP contribution in [0.1, 0.15) is 67.1 Å². The number of nitrogens with zero attached hydrogens (tertiary/aromatic N) is 2. The monoisotopic (exact) mass is 422 g/mol. The summed E-state index contributed by atoms with van der Waals surface area (Å²) >= 11 is 0. The van der Waals surface area contributed by atoms with Crippen molar-refractivity contribution in [1.29, 1.82) is 0 Å². The van der Waals surface area contributed by atoms with Gasteiger partial charge in [0.2, 0.25) is 0 Å². The maximum Gasteiger partial charge on any atom is 0.133 e. The number of ether oxygens (including phenoxy) is 1. The van der Waals surface area contributed by atoms with Crippen molar-refractivity contribution in [2.45, 2.75) is 110 Å². The Morgan fingerprint density at radius 2 is 1.18 bits per heavy atom. The van der Waals surface area contributed by atoms with Gasteiger partial charge in [0.1, 0.15) is 11.1 Å². The molecule has 1 aromatic carbocycles. The van der Waals surface area contributed by atoms with Crippen LogP contribution in [-0.2, 0) is 4.74 Å². The second-order valence-corrected chi connectivity index (χ2v) is 18.1. The van der Waals surface area contributed by atoms with Gasteiger partial charge in [-0.3, -0.25) is 9.34 Å². The Balaban J connectivity index is 2.67. The van der Waals surface area contributed by atoms with E-state index in [2.05, 4.69) is 115 Å². The summed E-state index contributed by atoms with van der Waals surface area (Å²) in [4.78, 5) is -0.0488.